The number of rotatable bonds is 4. The lowest BCUT2D eigenvalue weighted by Gasteiger charge is -2.28. The number of carbonyl (C=O) groups is 1. The molecule has 0 aromatic carbocycles. The molecule has 1 fully saturated rings. The summed E-state index contributed by atoms with van der Waals surface area (Å²) in [5, 5.41) is 14.3. The molecule has 0 bridgehead atoms. The third kappa shape index (κ3) is 2.13. The highest BCUT2D eigenvalue weighted by Gasteiger charge is 2.42. The lowest BCUT2D eigenvalue weighted by molar-refractivity contribution is 0.0828. The third-order valence-electron chi connectivity index (χ3n) is 3.27. The van der Waals surface area contributed by atoms with E-state index >= 15 is 0 Å². The van der Waals surface area contributed by atoms with Gasteiger partial charge in [0, 0.05) is 0 Å². The van der Waals surface area contributed by atoms with Crippen LogP contribution in [0.25, 0.3) is 0 Å². The first-order chi connectivity index (χ1) is 7.57. The zero-order valence-electron chi connectivity index (χ0n) is 9.62. The molecule has 1 amide bonds. The Labute approximate surface area is 99.5 Å². The molecule has 2 N–H and O–H groups in total. The second-order valence-corrected chi connectivity index (χ2v) is 5.65. The molecule has 4 heteroatoms. The number of aryl methyl sites for hydroxylation is 1. The average Bonchev–Trinajstić information content (AvgIpc) is 3.02. The van der Waals surface area contributed by atoms with Crippen LogP contribution < -0.4 is 5.32 Å². The van der Waals surface area contributed by atoms with E-state index in [-0.39, 0.29) is 12.5 Å². The van der Waals surface area contributed by atoms with E-state index in [2.05, 4.69) is 5.32 Å². The molecule has 0 radical (unpaired) electrons. The van der Waals surface area contributed by atoms with Crippen molar-refractivity contribution >= 4 is 17.2 Å². The van der Waals surface area contributed by atoms with Gasteiger partial charge in [-0.15, -0.1) is 11.3 Å². The van der Waals surface area contributed by atoms with E-state index in [1.807, 2.05) is 25.3 Å². The Morgan fingerprint density at radius 1 is 1.69 bits per heavy atom. The Hall–Kier alpha value is -0.870. The van der Waals surface area contributed by atoms with Crippen molar-refractivity contribution < 1.29 is 9.90 Å². The second-order valence-electron chi connectivity index (χ2n) is 4.74. The number of thiophene rings is 1. The number of hydrogen-bond acceptors (Lipinski definition) is 3. The fourth-order valence-electron chi connectivity index (χ4n) is 1.91. The molecule has 1 aromatic heterocycles. The maximum absolute atomic E-state index is 12.0. The summed E-state index contributed by atoms with van der Waals surface area (Å²) in [7, 11) is 0. The molecule has 0 saturated heterocycles. The molecule has 2 rings (SSSR count). The van der Waals surface area contributed by atoms with Gasteiger partial charge in [-0.1, -0.05) is 0 Å². The van der Waals surface area contributed by atoms with E-state index in [4.69, 9.17) is 0 Å². The van der Waals surface area contributed by atoms with Gasteiger partial charge >= 0.3 is 0 Å². The lowest BCUT2D eigenvalue weighted by Crippen LogP contribution is -2.50. The summed E-state index contributed by atoms with van der Waals surface area (Å²) in [6, 6.07) is 1.94. The Balaban J connectivity index is 2.09. The van der Waals surface area contributed by atoms with Crippen LogP contribution >= 0.6 is 11.3 Å². The largest absolute Gasteiger partial charge is 0.394 e. The molecular weight excluding hydrogens is 222 g/mol. The Bertz CT molecular complexity index is 397. The number of nitrogens with one attached hydrogen (secondary N) is 1. The zero-order valence-corrected chi connectivity index (χ0v) is 10.4. The molecule has 88 valence electrons. The first-order valence-electron chi connectivity index (χ1n) is 5.54. The van der Waals surface area contributed by atoms with E-state index in [9.17, 15) is 9.90 Å². The van der Waals surface area contributed by atoms with Crippen LogP contribution in [0.1, 0.15) is 35.0 Å². The predicted molar refractivity (Wildman–Crippen MR) is 64.7 cm³/mol. The van der Waals surface area contributed by atoms with E-state index in [1.54, 1.807) is 0 Å². The highest BCUT2D eigenvalue weighted by molar-refractivity contribution is 7.12. The highest BCUT2D eigenvalue weighted by Crippen LogP contribution is 2.39. The van der Waals surface area contributed by atoms with E-state index in [1.165, 1.54) is 11.3 Å². The van der Waals surface area contributed by atoms with Crippen molar-refractivity contribution in [1.29, 1.82) is 0 Å². The van der Waals surface area contributed by atoms with Crippen molar-refractivity contribution in [3.05, 3.63) is 21.9 Å². The number of hydrogen-bond donors (Lipinski definition) is 2. The summed E-state index contributed by atoms with van der Waals surface area (Å²) in [6.07, 6.45) is 2.20. The zero-order chi connectivity index (χ0) is 11.8. The molecule has 1 atom stereocenters. The van der Waals surface area contributed by atoms with Crippen molar-refractivity contribution in [3.63, 3.8) is 0 Å². The molecule has 0 spiro atoms. The van der Waals surface area contributed by atoms with E-state index in [0.29, 0.717) is 5.92 Å². The van der Waals surface area contributed by atoms with Gasteiger partial charge in [0.1, 0.15) is 0 Å². The Morgan fingerprint density at radius 2 is 2.38 bits per heavy atom. The molecule has 16 heavy (non-hydrogen) atoms. The van der Waals surface area contributed by atoms with Crippen LogP contribution in [-0.4, -0.2) is 23.2 Å². The minimum atomic E-state index is -0.451. The quantitative estimate of drug-likeness (QED) is 0.843. The third-order valence-corrected chi connectivity index (χ3v) is 4.29. The molecule has 1 saturated carbocycles. The van der Waals surface area contributed by atoms with Gasteiger partial charge in [-0.25, -0.2) is 0 Å². The Morgan fingerprint density at radius 3 is 2.81 bits per heavy atom. The van der Waals surface area contributed by atoms with Gasteiger partial charge in [0.2, 0.25) is 0 Å². The van der Waals surface area contributed by atoms with Crippen molar-refractivity contribution in [2.75, 3.05) is 6.61 Å². The van der Waals surface area contributed by atoms with Crippen molar-refractivity contribution in [2.24, 2.45) is 5.92 Å². The van der Waals surface area contributed by atoms with E-state index in [0.717, 1.165) is 23.3 Å². The topological polar surface area (TPSA) is 49.3 Å². The van der Waals surface area contributed by atoms with Crippen LogP contribution in [0.3, 0.4) is 0 Å². The molecule has 1 aliphatic carbocycles. The molecular formula is C12H17NO2S. The lowest BCUT2D eigenvalue weighted by atomic mass is 9.97. The van der Waals surface area contributed by atoms with Crippen LogP contribution in [0, 0.1) is 12.8 Å². The first kappa shape index (κ1) is 11.6. The first-order valence-corrected chi connectivity index (χ1v) is 6.42. The summed E-state index contributed by atoms with van der Waals surface area (Å²) < 4.78 is 0. The summed E-state index contributed by atoms with van der Waals surface area (Å²) in [4.78, 5) is 12.8. The number of carbonyl (C=O) groups excluding carboxylic acids is 1. The summed E-state index contributed by atoms with van der Waals surface area (Å²) in [5.41, 5.74) is 0.548. The van der Waals surface area contributed by atoms with Crippen molar-refractivity contribution in [2.45, 2.75) is 32.2 Å². The SMILES string of the molecule is Cc1ccsc1C(=O)NC(C)(CO)C1CC1. The molecule has 0 aliphatic heterocycles. The number of aliphatic hydroxyl groups is 1. The maximum atomic E-state index is 12.0. The summed E-state index contributed by atoms with van der Waals surface area (Å²) in [6.45, 7) is 3.86. The van der Waals surface area contributed by atoms with Gasteiger partial charge < -0.3 is 10.4 Å². The summed E-state index contributed by atoms with van der Waals surface area (Å²) in [5.74, 6) is 0.373. The van der Waals surface area contributed by atoms with Gasteiger partial charge in [-0.2, -0.15) is 0 Å². The van der Waals surface area contributed by atoms with Crippen LogP contribution in [-0.2, 0) is 0 Å². The van der Waals surface area contributed by atoms with Gasteiger partial charge in [0.15, 0.2) is 0 Å². The smallest absolute Gasteiger partial charge is 0.262 e. The van der Waals surface area contributed by atoms with Gasteiger partial charge in [0.05, 0.1) is 17.0 Å². The van der Waals surface area contributed by atoms with Gasteiger partial charge in [-0.05, 0) is 49.6 Å². The Kier molecular flexibility index (Phi) is 3.04. The predicted octanol–water partition coefficient (Wildman–Crippen LogP) is 1.95. The normalized spacial score (nSPS) is 19.2. The molecule has 1 unspecified atom stereocenters. The van der Waals surface area contributed by atoms with Crippen molar-refractivity contribution in [1.82, 2.24) is 5.32 Å². The van der Waals surface area contributed by atoms with Crippen LogP contribution in [0.2, 0.25) is 0 Å². The molecule has 1 aliphatic rings. The minimum Gasteiger partial charge on any atom is -0.394 e. The standard InChI is InChI=1S/C12H17NO2S/c1-8-5-6-16-10(8)11(15)13-12(2,7-14)9-3-4-9/h5-6,9,14H,3-4,7H2,1-2H3,(H,13,15). The van der Waals surface area contributed by atoms with E-state index < -0.39 is 5.54 Å². The minimum absolute atomic E-state index is 0.00777. The monoisotopic (exact) mass is 239 g/mol. The summed E-state index contributed by atoms with van der Waals surface area (Å²) >= 11 is 1.45. The number of amides is 1. The van der Waals surface area contributed by atoms with Crippen molar-refractivity contribution in [3.8, 4) is 0 Å². The van der Waals surface area contributed by atoms with Crippen LogP contribution in [0.4, 0.5) is 0 Å². The van der Waals surface area contributed by atoms with Crippen LogP contribution in [0.15, 0.2) is 11.4 Å². The second kappa shape index (κ2) is 4.18. The van der Waals surface area contributed by atoms with Gasteiger partial charge in [-0.3, -0.25) is 4.79 Å². The maximum Gasteiger partial charge on any atom is 0.262 e. The van der Waals surface area contributed by atoms with Crippen LogP contribution in [0.5, 0.6) is 0 Å². The fraction of sp³-hybridized carbons (Fsp3) is 0.583. The molecule has 3 nitrogen and oxygen atoms in total. The fourth-order valence-corrected chi connectivity index (χ4v) is 2.73. The highest BCUT2D eigenvalue weighted by atomic mass is 32.1. The molecule has 1 heterocycles. The average molecular weight is 239 g/mol. The molecule has 1 aromatic rings. The number of aliphatic hydroxyl groups excluding tert-OH is 1. The van der Waals surface area contributed by atoms with Gasteiger partial charge in [0.25, 0.3) is 5.91 Å².